The molecule has 2 N–H and O–H groups in total. The number of piperidine rings is 1. The van der Waals surface area contributed by atoms with E-state index in [4.69, 9.17) is 0 Å². The van der Waals surface area contributed by atoms with Gasteiger partial charge in [0.1, 0.15) is 0 Å². The Hall–Kier alpha value is -2.22. The standard InChI is InChI=1S/C25H35N3O3S/c1-19-11-14-28(15-12-19)18-23-8-6-22(7-9-23)17-26-25(29)10-13-27-32(30,31)24-16-20(2)4-5-21(24)3/h4-9,16,19,27H,10-15,17-18H2,1-3H3,(H,26,29). The van der Waals surface area contributed by atoms with Crippen LogP contribution in [0.1, 0.15) is 48.4 Å². The predicted molar refractivity (Wildman–Crippen MR) is 128 cm³/mol. The van der Waals surface area contributed by atoms with Gasteiger partial charge in [-0.25, -0.2) is 13.1 Å². The molecule has 0 bridgehead atoms. The summed E-state index contributed by atoms with van der Waals surface area (Å²) in [5, 5.41) is 2.87. The van der Waals surface area contributed by atoms with E-state index in [1.54, 1.807) is 19.1 Å². The van der Waals surface area contributed by atoms with Gasteiger partial charge in [0, 0.05) is 26.1 Å². The molecule has 0 unspecified atom stereocenters. The van der Waals surface area contributed by atoms with Crippen LogP contribution in [0.3, 0.4) is 0 Å². The second-order valence-corrected chi connectivity index (χ2v) is 10.7. The van der Waals surface area contributed by atoms with E-state index in [9.17, 15) is 13.2 Å². The number of carbonyl (C=O) groups excluding carboxylic acids is 1. The maximum atomic E-state index is 12.5. The molecule has 0 aliphatic carbocycles. The second-order valence-electron chi connectivity index (χ2n) is 8.97. The van der Waals surface area contributed by atoms with Crippen LogP contribution in [0.2, 0.25) is 0 Å². The highest BCUT2D eigenvalue weighted by Gasteiger charge is 2.17. The molecule has 0 atom stereocenters. The molecule has 6 nitrogen and oxygen atoms in total. The van der Waals surface area contributed by atoms with Gasteiger partial charge in [0.25, 0.3) is 0 Å². The normalized spacial score (nSPS) is 15.6. The van der Waals surface area contributed by atoms with E-state index in [-0.39, 0.29) is 23.8 Å². The number of hydrogen-bond donors (Lipinski definition) is 2. The fourth-order valence-corrected chi connectivity index (χ4v) is 5.26. The zero-order valence-electron chi connectivity index (χ0n) is 19.4. The van der Waals surface area contributed by atoms with E-state index in [2.05, 4.69) is 34.0 Å². The van der Waals surface area contributed by atoms with Crippen LogP contribution in [0.5, 0.6) is 0 Å². The van der Waals surface area contributed by atoms with E-state index in [0.29, 0.717) is 12.1 Å². The third-order valence-electron chi connectivity index (χ3n) is 6.07. The van der Waals surface area contributed by atoms with Crippen molar-refractivity contribution in [2.24, 2.45) is 5.92 Å². The van der Waals surface area contributed by atoms with Crippen LogP contribution in [-0.2, 0) is 27.9 Å². The lowest BCUT2D eigenvalue weighted by atomic mass is 9.99. The average Bonchev–Trinajstić information content (AvgIpc) is 2.76. The maximum absolute atomic E-state index is 12.5. The first kappa shape index (κ1) is 24.4. The molecule has 1 amide bonds. The molecule has 0 radical (unpaired) electrons. The number of carbonyl (C=O) groups is 1. The fraction of sp³-hybridized carbons (Fsp3) is 0.480. The maximum Gasteiger partial charge on any atom is 0.240 e. The lowest BCUT2D eigenvalue weighted by Gasteiger charge is -2.30. The van der Waals surface area contributed by atoms with Crippen LogP contribution in [0.15, 0.2) is 47.4 Å². The molecule has 2 aromatic carbocycles. The molecule has 0 spiro atoms. The molecule has 174 valence electrons. The first-order chi connectivity index (χ1) is 15.2. The number of likely N-dealkylation sites (tertiary alicyclic amines) is 1. The van der Waals surface area contributed by atoms with Gasteiger partial charge in [-0.2, -0.15) is 0 Å². The van der Waals surface area contributed by atoms with Gasteiger partial charge in [0.05, 0.1) is 4.90 Å². The Balaban J connectivity index is 1.40. The molecule has 2 aromatic rings. The van der Waals surface area contributed by atoms with Gasteiger partial charge in [0.15, 0.2) is 0 Å². The lowest BCUT2D eigenvalue weighted by molar-refractivity contribution is -0.121. The third kappa shape index (κ3) is 7.15. The zero-order chi connectivity index (χ0) is 23.1. The van der Waals surface area contributed by atoms with Crippen LogP contribution in [0, 0.1) is 19.8 Å². The van der Waals surface area contributed by atoms with Gasteiger partial charge < -0.3 is 5.32 Å². The van der Waals surface area contributed by atoms with Gasteiger partial charge >= 0.3 is 0 Å². The highest BCUT2D eigenvalue weighted by molar-refractivity contribution is 7.89. The second kappa shape index (κ2) is 11.1. The summed E-state index contributed by atoms with van der Waals surface area (Å²) in [6.07, 6.45) is 2.63. The predicted octanol–water partition coefficient (Wildman–Crippen LogP) is 3.52. The van der Waals surface area contributed by atoms with Crippen molar-refractivity contribution in [3.63, 3.8) is 0 Å². The van der Waals surface area contributed by atoms with Crippen molar-refractivity contribution >= 4 is 15.9 Å². The van der Waals surface area contributed by atoms with Crippen LogP contribution in [-0.4, -0.2) is 38.9 Å². The molecule has 1 aliphatic heterocycles. The minimum absolute atomic E-state index is 0.0644. The third-order valence-corrected chi connectivity index (χ3v) is 7.68. The molecule has 0 aromatic heterocycles. The first-order valence-corrected chi connectivity index (χ1v) is 12.8. The number of nitrogens with one attached hydrogen (secondary N) is 2. The van der Waals surface area contributed by atoms with Crippen LogP contribution in [0.25, 0.3) is 0 Å². The molecule has 32 heavy (non-hydrogen) atoms. The Labute approximate surface area is 192 Å². The summed E-state index contributed by atoms with van der Waals surface area (Å²) in [4.78, 5) is 14.9. The topological polar surface area (TPSA) is 78.5 Å². The summed E-state index contributed by atoms with van der Waals surface area (Å²) < 4.78 is 27.5. The Morgan fingerprint density at radius 1 is 1.03 bits per heavy atom. The largest absolute Gasteiger partial charge is 0.352 e. The lowest BCUT2D eigenvalue weighted by Crippen LogP contribution is -2.32. The van der Waals surface area contributed by atoms with Crippen molar-refractivity contribution in [1.29, 1.82) is 0 Å². The van der Waals surface area contributed by atoms with Crippen LogP contribution < -0.4 is 10.0 Å². The fourth-order valence-electron chi connectivity index (χ4n) is 3.90. The van der Waals surface area contributed by atoms with E-state index < -0.39 is 10.0 Å². The van der Waals surface area contributed by atoms with Gasteiger partial charge in [-0.05, 0) is 74.0 Å². The Bertz CT molecular complexity index is 1010. The number of benzene rings is 2. The van der Waals surface area contributed by atoms with Gasteiger partial charge in [0.2, 0.25) is 15.9 Å². The minimum Gasteiger partial charge on any atom is -0.352 e. The number of hydrogen-bond acceptors (Lipinski definition) is 4. The van der Waals surface area contributed by atoms with Crippen molar-refractivity contribution in [2.75, 3.05) is 19.6 Å². The van der Waals surface area contributed by atoms with Gasteiger partial charge in [-0.15, -0.1) is 0 Å². The summed E-state index contributed by atoms with van der Waals surface area (Å²) >= 11 is 0. The summed E-state index contributed by atoms with van der Waals surface area (Å²) in [6.45, 7) is 9.73. The molecule has 1 fully saturated rings. The van der Waals surface area contributed by atoms with Crippen LogP contribution >= 0.6 is 0 Å². The number of aryl methyl sites for hydroxylation is 2. The summed E-state index contributed by atoms with van der Waals surface area (Å²) in [5.41, 5.74) is 3.89. The number of amides is 1. The highest BCUT2D eigenvalue weighted by atomic mass is 32.2. The van der Waals surface area contributed by atoms with Crippen molar-refractivity contribution in [2.45, 2.75) is 58.0 Å². The first-order valence-electron chi connectivity index (χ1n) is 11.4. The number of rotatable bonds is 9. The molecule has 3 rings (SSSR count). The Kier molecular flexibility index (Phi) is 8.45. The van der Waals surface area contributed by atoms with Crippen molar-refractivity contribution < 1.29 is 13.2 Å². The highest BCUT2D eigenvalue weighted by Crippen LogP contribution is 2.18. The minimum atomic E-state index is -3.63. The van der Waals surface area contributed by atoms with Crippen molar-refractivity contribution in [1.82, 2.24) is 14.9 Å². The molecule has 7 heteroatoms. The van der Waals surface area contributed by atoms with E-state index in [1.807, 2.05) is 25.1 Å². The number of sulfonamides is 1. The Morgan fingerprint density at radius 3 is 2.38 bits per heavy atom. The summed E-state index contributed by atoms with van der Waals surface area (Å²) in [5.74, 6) is 0.652. The molecule has 1 heterocycles. The number of nitrogens with zero attached hydrogens (tertiary/aromatic N) is 1. The van der Waals surface area contributed by atoms with Crippen LogP contribution in [0.4, 0.5) is 0 Å². The van der Waals surface area contributed by atoms with E-state index >= 15 is 0 Å². The molecule has 0 saturated carbocycles. The summed E-state index contributed by atoms with van der Waals surface area (Å²) in [6, 6.07) is 13.6. The molecule has 1 aliphatic rings. The Morgan fingerprint density at radius 2 is 1.69 bits per heavy atom. The van der Waals surface area contributed by atoms with E-state index in [0.717, 1.165) is 36.7 Å². The zero-order valence-corrected chi connectivity index (χ0v) is 20.2. The van der Waals surface area contributed by atoms with Crippen molar-refractivity contribution in [3.8, 4) is 0 Å². The smallest absolute Gasteiger partial charge is 0.240 e. The van der Waals surface area contributed by atoms with Gasteiger partial charge in [-0.3, -0.25) is 9.69 Å². The van der Waals surface area contributed by atoms with Gasteiger partial charge in [-0.1, -0.05) is 43.3 Å². The quantitative estimate of drug-likeness (QED) is 0.604. The molecular formula is C25H35N3O3S. The SMILES string of the molecule is Cc1ccc(C)c(S(=O)(=O)NCCC(=O)NCc2ccc(CN3CCC(C)CC3)cc2)c1. The monoisotopic (exact) mass is 457 g/mol. The summed E-state index contributed by atoms with van der Waals surface area (Å²) in [7, 11) is -3.63. The van der Waals surface area contributed by atoms with E-state index in [1.165, 1.54) is 18.4 Å². The molecule has 1 saturated heterocycles. The molecular weight excluding hydrogens is 422 g/mol. The average molecular weight is 458 g/mol. The van der Waals surface area contributed by atoms with Crippen molar-refractivity contribution in [3.05, 3.63) is 64.7 Å².